The number of carbonyl (C=O) groups excluding carboxylic acids is 1. The molecule has 29 heavy (non-hydrogen) atoms. The number of hydrogen-bond acceptors (Lipinski definition) is 3. The van der Waals surface area contributed by atoms with Crippen molar-refractivity contribution < 1.29 is 36.2 Å². The van der Waals surface area contributed by atoms with E-state index in [4.69, 9.17) is 9.47 Å². The number of fused-ring (bicyclic) bond motifs is 2. The lowest BCUT2D eigenvalue weighted by molar-refractivity contribution is -0.330. The van der Waals surface area contributed by atoms with Gasteiger partial charge in [-0.1, -0.05) is 18.2 Å². The highest BCUT2D eigenvalue weighted by Gasteiger charge is 2.63. The SMILES string of the molecule is C=CC[C@@]12CCC[C@]1(O[C@H](c1cccc3c1C(F)(F)C(=O)N3)C(F)(F)F)OCC2. The van der Waals surface area contributed by atoms with Crippen LogP contribution in [0.15, 0.2) is 30.9 Å². The average Bonchev–Trinajstić information content (AvgIpc) is 3.20. The summed E-state index contributed by atoms with van der Waals surface area (Å²) in [5, 5.41) is 1.94. The molecule has 0 aromatic heterocycles. The predicted molar refractivity (Wildman–Crippen MR) is 93.2 cm³/mol. The average molecular weight is 417 g/mol. The third kappa shape index (κ3) is 2.89. The first-order valence-corrected chi connectivity index (χ1v) is 9.38. The van der Waals surface area contributed by atoms with Gasteiger partial charge in [0.25, 0.3) is 5.91 Å². The molecule has 3 aliphatic rings. The van der Waals surface area contributed by atoms with Crippen LogP contribution in [0.5, 0.6) is 0 Å². The molecule has 9 heteroatoms. The number of anilines is 1. The van der Waals surface area contributed by atoms with Gasteiger partial charge in [0.1, 0.15) is 0 Å². The molecule has 0 bridgehead atoms. The van der Waals surface area contributed by atoms with Crippen LogP contribution in [-0.4, -0.2) is 24.5 Å². The first-order chi connectivity index (χ1) is 13.6. The van der Waals surface area contributed by atoms with Gasteiger partial charge < -0.3 is 14.8 Å². The van der Waals surface area contributed by atoms with Crippen LogP contribution >= 0.6 is 0 Å². The minimum Gasteiger partial charge on any atom is -0.349 e. The largest absolute Gasteiger partial charge is 0.419 e. The van der Waals surface area contributed by atoms with Crippen LogP contribution in [0, 0.1) is 5.41 Å². The summed E-state index contributed by atoms with van der Waals surface area (Å²) < 4.78 is 82.5. The molecule has 1 saturated heterocycles. The number of hydrogen-bond donors (Lipinski definition) is 1. The fourth-order valence-corrected chi connectivity index (χ4v) is 4.98. The molecule has 1 saturated carbocycles. The Balaban J connectivity index is 1.81. The summed E-state index contributed by atoms with van der Waals surface area (Å²) in [6, 6.07) is 3.27. The molecule has 1 aromatic rings. The number of carbonyl (C=O) groups is 1. The lowest BCUT2D eigenvalue weighted by atomic mass is 9.77. The third-order valence-corrected chi connectivity index (χ3v) is 6.25. The van der Waals surface area contributed by atoms with Gasteiger partial charge in [-0.2, -0.15) is 22.0 Å². The zero-order chi connectivity index (χ0) is 21.1. The maximum absolute atomic E-state index is 14.4. The Morgan fingerprint density at radius 1 is 1.28 bits per heavy atom. The summed E-state index contributed by atoms with van der Waals surface area (Å²) in [5.41, 5.74) is -2.78. The molecule has 1 amide bonds. The van der Waals surface area contributed by atoms with Crippen LogP contribution < -0.4 is 5.32 Å². The molecule has 3 atom stereocenters. The Morgan fingerprint density at radius 2 is 2.03 bits per heavy atom. The van der Waals surface area contributed by atoms with E-state index >= 15 is 0 Å². The van der Waals surface area contributed by atoms with Crippen LogP contribution in [0.4, 0.5) is 27.6 Å². The molecule has 1 aliphatic carbocycles. The van der Waals surface area contributed by atoms with Gasteiger partial charge in [0, 0.05) is 17.4 Å². The van der Waals surface area contributed by atoms with Crippen molar-refractivity contribution in [3.8, 4) is 0 Å². The standard InChI is InChI=1S/C20H20F5NO3/c1-2-7-17-8-4-9-18(17,28-11-10-17)29-15(20(23,24)25)12-5-3-6-13-14(12)19(21,22)16(27)26-13/h2-3,5-6,15H,1,4,7-11H2,(H,26,27)/t15-,17+,18-/m1/s1. The fourth-order valence-electron chi connectivity index (χ4n) is 4.98. The number of benzene rings is 1. The van der Waals surface area contributed by atoms with E-state index in [9.17, 15) is 26.7 Å². The van der Waals surface area contributed by atoms with Gasteiger partial charge in [-0.05, 0) is 31.7 Å². The van der Waals surface area contributed by atoms with Gasteiger partial charge in [-0.15, -0.1) is 6.58 Å². The van der Waals surface area contributed by atoms with E-state index in [-0.39, 0.29) is 18.7 Å². The van der Waals surface area contributed by atoms with Crippen LogP contribution in [0.1, 0.15) is 49.3 Å². The number of alkyl halides is 5. The van der Waals surface area contributed by atoms with E-state index in [2.05, 4.69) is 6.58 Å². The number of rotatable bonds is 5. The first-order valence-electron chi connectivity index (χ1n) is 9.38. The molecular formula is C20H20F5NO3. The number of allylic oxidation sites excluding steroid dienone is 1. The zero-order valence-corrected chi connectivity index (χ0v) is 15.5. The van der Waals surface area contributed by atoms with Gasteiger partial charge in [0.2, 0.25) is 0 Å². The van der Waals surface area contributed by atoms with Crippen molar-refractivity contribution in [1.29, 1.82) is 0 Å². The van der Waals surface area contributed by atoms with E-state index in [0.29, 0.717) is 25.7 Å². The van der Waals surface area contributed by atoms with E-state index in [1.807, 2.05) is 5.32 Å². The second-order valence-electron chi connectivity index (χ2n) is 7.82. The second-order valence-corrected chi connectivity index (χ2v) is 7.82. The Bertz CT molecular complexity index is 841. The van der Waals surface area contributed by atoms with Gasteiger partial charge in [0.15, 0.2) is 11.9 Å². The van der Waals surface area contributed by atoms with Gasteiger partial charge in [0.05, 0.1) is 17.9 Å². The molecule has 0 radical (unpaired) electrons. The molecule has 2 fully saturated rings. The van der Waals surface area contributed by atoms with Gasteiger partial charge >= 0.3 is 12.1 Å². The van der Waals surface area contributed by atoms with Crippen molar-refractivity contribution in [2.24, 2.45) is 5.41 Å². The Hall–Kier alpha value is -2.00. The predicted octanol–water partition coefficient (Wildman–Crippen LogP) is 5.21. The molecule has 2 aliphatic heterocycles. The molecule has 1 N–H and O–H groups in total. The molecule has 4 rings (SSSR count). The summed E-state index contributed by atoms with van der Waals surface area (Å²) in [7, 11) is 0. The Morgan fingerprint density at radius 3 is 2.72 bits per heavy atom. The van der Waals surface area contributed by atoms with Crippen molar-refractivity contribution in [3.05, 3.63) is 42.0 Å². The summed E-state index contributed by atoms with van der Waals surface area (Å²) in [5.74, 6) is -7.27. The summed E-state index contributed by atoms with van der Waals surface area (Å²) in [6.45, 7) is 3.92. The third-order valence-electron chi connectivity index (χ3n) is 6.25. The number of nitrogens with one attached hydrogen (secondary N) is 1. The van der Waals surface area contributed by atoms with Gasteiger partial charge in [-0.25, -0.2) is 0 Å². The monoisotopic (exact) mass is 417 g/mol. The highest BCUT2D eigenvalue weighted by molar-refractivity contribution is 6.04. The van der Waals surface area contributed by atoms with Gasteiger partial charge in [-0.3, -0.25) is 4.79 Å². The quantitative estimate of drug-likeness (QED) is 0.528. The smallest absolute Gasteiger partial charge is 0.349 e. The van der Waals surface area contributed by atoms with E-state index in [0.717, 1.165) is 12.1 Å². The second kappa shape index (κ2) is 6.50. The Kier molecular flexibility index (Phi) is 4.55. The van der Waals surface area contributed by atoms with Crippen LogP contribution in [0.2, 0.25) is 0 Å². The Labute approximate surface area is 164 Å². The molecular weight excluding hydrogens is 397 g/mol. The topological polar surface area (TPSA) is 47.6 Å². The first kappa shape index (κ1) is 20.3. The summed E-state index contributed by atoms with van der Waals surface area (Å²) in [4.78, 5) is 11.6. The summed E-state index contributed by atoms with van der Waals surface area (Å²) in [6.07, 6.45) is -3.67. The lowest BCUT2D eigenvalue weighted by Crippen LogP contribution is -2.46. The van der Waals surface area contributed by atoms with E-state index in [1.165, 1.54) is 6.07 Å². The number of halogens is 5. The van der Waals surface area contributed by atoms with Crippen LogP contribution in [0.3, 0.4) is 0 Å². The van der Waals surface area contributed by atoms with Crippen LogP contribution in [0.25, 0.3) is 0 Å². The van der Waals surface area contributed by atoms with Crippen molar-refractivity contribution >= 4 is 11.6 Å². The normalized spacial score (nSPS) is 31.3. The maximum Gasteiger partial charge on any atom is 0.419 e. The minimum atomic E-state index is -4.99. The highest BCUT2D eigenvalue weighted by atomic mass is 19.4. The molecule has 2 heterocycles. The lowest BCUT2D eigenvalue weighted by Gasteiger charge is -2.41. The summed E-state index contributed by atoms with van der Waals surface area (Å²) >= 11 is 0. The van der Waals surface area contributed by atoms with E-state index in [1.54, 1.807) is 6.08 Å². The maximum atomic E-state index is 14.4. The molecule has 1 aromatic carbocycles. The molecule has 0 spiro atoms. The minimum absolute atomic E-state index is 0.224. The number of ether oxygens (including phenoxy) is 2. The number of amides is 1. The van der Waals surface area contributed by atoms with Crippen molar-refractivity contribution in [1.82, 2.24) is 0 Å². The molecule has 158 valence electrons. The van der Waals surface area contributed by atoms with Crippen molar-refractivity contribution in [3.63, 3.8) is 0 Å². The fraction of sp³-hybridized carbons (Fsp3) is 0.550. The van der Waals surface area contributed by atoms with Crippen molar-refractivity contribution in [2.75, 3.05) is 11.9 Å². The molecule has 0 unspecified atom stereocenters. The highest BCUT2D eigenvalue weighted by Crippen LogP contribution is 2.61. The van der Waals surface area contributed by atoms with Crippen LogP contribution in [-0.2, 0) is 20.2 Å². The molecule has 4 nitrogen and oxygen atoms in total. The van der Waals surface area contributed by atoms with Crippen molar-refractivity contribution in [2.45, 2.75) is 56.1 Å². The zero-order valence-electron chi connectivity index (χ0n) is 15.5. The van der Waals surface area contributed by atoms with E-state index < -0.39 is 46.4 Å².